The van der Waals surface area contributed by atoms with Gasteiger partial charge in [0.2, 0.25) is 0 Å². The van der Waals surface area contributed by atoms with Crippen molar-refractivity contribution < 1.29 is 34.1 Å². The number of thiazole rings is 1. The monoisotopic (exact) mass is 522 g/mol. The number of Topliss-reactive ketones (excluding diaryl/α,β-unsaturated/α-hetero) is 1. The molecule has 9 nitrogen and oxygen atoms in total. The second-order valence-electron chi connectivity index (χ2n) is 7.73. The molecule has 1 fully saturated rings. The standard InChI is InChI=1S/C25H18N2O7S2/c1-33-13-6-7-14(16(11-13)34-2)21(28)19-20(17-4-3-9-35-17)27(23(30)22(19)29)25-26-15-8-5-12(24(31)32)10-18(15)36-25/h3-11,20,28H,1-2H3,(H,31,32)/b21-19+. The largest absolute Gasteiger partial charge is 0.507 e. The fourth-order valence-electron chi connectivity index (χ4n) is 4.03. The summed E-state index contributed by atoms with van der Waals surface area (Å²) in [6, 6.07) is 11.8. The Hall–Kier alpha value is -4.22. The fourth-order valence-corrected chi connectivity index (χ4v) is 5.89. The summed E-state index contributed by atoms with van der Waals surface area (Å²) in [6.45, 7) is 0. The number of aliphatic hydroxyl groups excluding tert-OH is 1. The molecule has 11 heteroatoms. The molecule has 4 aromatic rings. The molecule has 1 amide bonds. The maximum atomic E-state index is 13.3. The summed E-state index contributed by atoms with van der Waals surface area (Å²) < 4.78 is 11.2. The number of methoxy groups -OCH3 is 2. The lowest BCUT2D eigenvalue weighted by Crippen LogP contribution is -2.28. The molecule has 1 unspecified atom stereocenters. The van der Waals surface area contributed by atoms with Crippen LogP contribution in [0.4, 0.5) is 5.13 Å². The summed E-state index contributed by atoms with van der Waals surface area (Å²) in [5.41, 5.74) is 0.703. The van der Waals surface area contributed by atoms with Gasteiger partial charge in [-0.15, -0.1) is 11.3 Å². The Labute approximate surface area is 212 Å². The van der Waals surface area contributed by atoms with E-state index >= 15 is 0 Å². The summed E-state index contributed by atoms with van der Waals surface area (Å²) in [5.74, 6) is -2.42. The van der Waals surface area contributed by atoms with Crippen LogP contribution in [0.25, 0.3) is 16.0 Å². The molecule has 0 aliphatic carbocycles. The molecule has 182 valence electrons. The molecule has 2 aromatic heterocycles. The average molecular weight is 523 g/mol. The molecule has 1 aliphatic rings. The number of hydrogen-bond donors (Lipinski definition) is 2. The van der Waals surface area contributed by atoms with Gasteiger partial charge in [-0.3, -0.25) is 14.5 Å². The third kappa shape index (κ3) is 3.78. The molecule has 0 radical (unpaired) electrons. The summed E-state index contributed by atoms with van der Waals surface area (Å²) in [6.07, 6.45) is 0. The van der Waals surface area contributed by atoms with Gasteiger partial charge in [0.25, 0.3) is 5.78 Å². The highest BCUT2D eigenvalue weighted by atomic mass is 32.1. The predicted octanol–water partition coefficient (Wildman–Crippen LogP) is 4.70. The second-order valence-corrected chi connectivity index (χ2v) is 9.72. The molecule has 0 bridgehead atoms. The number of amides is 1. The fraction of sp³-hybridized carbons (Fsp3) is 0.120. The number of benzene rings is 2. The number of carbonyl (C=O) groups is 3. The quantitative estimate of drug-likeness (QED) is 0.212. The van der Waals surface area contributed by atoms with E-state index in [1.54, 1.807) is 41.8 Å². The van der Waals surface area contributed by atoms with Crippen LogP contribution in [0.15, 0.2) is 59.5 Å². The minimum Gasteiger partial charge on any atom is -0.507 e. The van der Waals surface area contributed by atoms with Crippen LogP contribution < -0.4 is 14.4 Å². The number of anilines is 1. The number of ketones is 1. The van der Waals surface area contributed by atoms with Gasteiger partial charge in [0, 0.05) is 10.9 Å². The lowest BCUT2D eigenvalue weighted by molar-refractivity contribution is -0.132. The molecule has 2 aromatic carbocycles. The third-order valence-corrected chi connectivity index (χ3v) is 7.69. The first-order valence-electron chi connectivity index (χ1n) is 10.5. The average Bonchev–Trinajstić information content (AvgIpc) is 3.61. The number of aliphatic hydroxyl groups is 1. The van der Waals surface area contributed by atoms with E-state index in [9.17, 15) is 24.6 Å². The number of carboxylic acid groups (broad SMARTS) is 1. The molecule has 1 aliphatic heterocycles. The molecule has 1 saturated heterocycles. The van der Waals surface area contributed by atoms with Crippen LogP contribution in [0, 0.1) is 0 Å². The van der Waals surface area contributed by atoms with Gasteiger partial charge < -0.3 is 19.7 Å². The number of aromatic nitrogens is 1. The number of ether oxygens (including phenoxy) is 2. The minimum absolute atomic E-state index is 0.0844. The third-order valence-electron chi connectivity index (χ3n) is 5.75. The number of nitrogens with zero attached hydrogens (tertiary/aromatic N) is 2. The lowest BCUT2D eigenvalue weighted by atomic mass is 9.99. The molecule has 1 atom stereocenters. The number of thiophene rings is 1. The Morgan fingerprint density at radius 2 is 1.86 bits per heavy atom. The van der Waals surface area contributed by atoms with E-state index < -0.39 is 23.7 Å². The van der Waals surface area contributed by atoms with Gasteiger partial charge in [-0.25, -0.2) is 9.78 Å². The van der Waals surface area contributed by atoms with E-state index in [1.165, 1.54) is 42.6 Å². The van der Waals surface area contributed by atoms with Gasteiger partial charge in [-0.2, -0.15) is 0 Å². The maximum Gasteiger partial charge on any atom is 0.335 e. The van der Waals surface area contributed by atoms with Crippen molar-refractivity contribution in [1.29, 1.82) is 0 Å². The van der Waals surface area contributed by atoms with E-state index in [-0.39, 0.29) is 33.3 Å². The normalized spacial score (nSPS) is 17.1. The van der Waals surface area contributed by atoms with Crippen LogP contribution in [-0.2, 0) is 9.59 Å². The second kappa shape index (κ2) is 9.10. The van der Waals surface area contributed by atoms with E-state index in [0.717, 1.165) is 11.3 Å². The lowest BCUT2D eigenvalue weighted by Gasteiger charge is -2.21. The molecule has 3 heterocycles. The van der Waals surface area contributed by atoms with E-state index in [4.69, 9.17) is 9.47 Å². The molecule has 36 heavy (non-hydrogen) atoms. The highest BCUT2D eigenvalue weighted by molar-refractivity contribution is 7.22. The number of aromatic carboxylic acids is 1. The van der Waals surface area contributed by atoms with Crippen molar-refractivity contribution in [3.63, 3.8) is 0 Å². The Morgan fingerprint density at radius 3 is 2.53 bits per heavy atom. The summed E-state index contributed by atoms with van der Waals surface area (Å²) in [4.78, 5) is 44.4. The topological polar surface area (TPSA) is 126 Å². The highest BCUT2D eigenvalue weighted by Gasteiger charge is 2.48. The van der Waals surface area contributed by atoms with Gasteiger partial charge >= 0.3 is 11.9 Å². The molecule has 5 rings (SSSR count). The van der Waals surface area contributed by atoms with Crippen LogP contribution in [0.1, 0.15) is 26.8 Å². The maximum absolute atomic E-state index is 13.3. The number of carboxylic acids is 1. The van der Waals surface area contributed by atoms with Gasteiger partial charge in [0.1, 0.15) is 23.3 Å². The van der Waals surface area contributed by atoms with Crippen LogP contribution >= 0.6 is 22.7 Å². The van der Waals surface area contributed by atoms with Crippen molar-refractivity contribution in [1.82, 2.24) is 4.98 Å². The first kappa shape index (κ1) is 23.5. The summed E-state index contributed by atoms with van der Waals surface area (Å²) in [5, 5.41) is 22.7. The number of hydrogen-bond acceptors (Lipinski definition) is 9. The van der Waals surface area contributed by atoms with Crippen molar-refractivity contribution in [2.45, 2.75) is 6.04 Å². The SMILES string of the molecule is COc1ccc(/C(O)=C2\C(=O)C(=O)N(c3nc4ccc(C(=O)O)cc4s3)C2c2cccs2)c(OC)c1. The minimum atomic E-state index is -1.08. The zero-order chi connectivity index (χ0) is 25.6. The first-order chi connectivity index (χ1) is 17.3. The van der Waals surface area contributed by atoms with Crippen molar-refractivity contribution >= 4 is 61.4 Å². The molecule has 0 spiro atoms. The van der Waals surface area contributed by atoms with Crippen LogP contribution in [-0.4, -0.2) is 47.1 Å². The van der Waals surface area contributed by atoms with Gasteiger partial charge in [0.15, 0.2) is 5.13 Å². The van der Waals surface area contributed by atoms with E-state index in [1.807, 2.05) is 0 Å². The van der Waals surface area contributed by atoms with Gasteiger partial charge in [0.05, 0.1) is 41.1 Å². The van der Waals surface area contributed by atoms with Crippen molar-refractivity contribution in [2.24, 2.45) is 0 Å². The van der Waals surface area contributed by atoms with Gasteiger partial charge in [-0.05, 0) is 41.8 Å². The Kier molecular flexibility index (Phi) is 5.94. The van der Waals surface area contributed by atoms with Crippen LogP contribution in [0.5, 0.6) is 11.5 Å². The van der Waals surface area contributed by atoms with Gasteiger partial charge in [-0.1, -0.05) is 17.4 Å². The smallest absolute Gasteiger partial charge is 0.335 e. The highest BCUT2D eigenvalue weighted by Crippen LogP contribution is 2.46. The Bertz CT molecular complexity index is 1560. The zero-order valence-electron chi connectivity index (χ0n) is 18.9. The van der Waals surface area contributed by atoms with Crippen molar-refractivity contribution in [2.75, 3.05) is 19.1 Å². The molecule has 0 saturated carbocycles. The Balaban J connectivity index is 1.70. The number of fused-ring (bicyclic) bond motifs is 1. The van der Waals surface area contributed by atoms with E-state index in [2.05, 4.69) is 4.98 Å². The predicted molar refractivity (Wildman–Crippen MR) is 135 cm³/mol. The number of carbonyl (C=O) groups excluding carboxylic acids is 2. The van der Waals surface area contributed by atoms with Crippen LogP contribution in [0.3, 0.4) is 0 Å². The van der Waals surface area contributed by atoms with E-state index in [0.29, 0.717) is 20.8 Å². The molecular formula is C25H18N2O7S2. The van der Waals surface area contributed by atoms with Crippen LogP contribution in [0.2, 0.25) is 0 Å². The summed E-state index contributed by atoms with van der Waals surface area (Å²) in [7, 11) is 2.92. The molecular weight excluding hydrogens is 504 g/mol. The first-order valence-corrected chi connectivity index (χ1v) is 12.2. The molecule has 2 N–H and O–H groups in total. The van der Waals surface area contributed by atoms with Crippen molar-refractivity contribution in [3.05, 3.63) is 75.5 Å². The van der Waals surface area contributed by atoms with Crippen molar-refractivity contribution in [3.8, 4) is 11.5 Å². The Morgan fingerprint density at radius 1 is 1.06 bits per heavy atom. The zero-order valence-corrected chi connectivity index (χ0v) is 20.6. The number of rotatable bonds is 6. The summed E-state index contributed by atoms with van der Waals surface area (Å²) >= 11 is 2.42.